The van der Waals surface area contributed by atoms with Crippen LogP contribution in [-0.2, 0) is 19.7 Å². The van der Waals surface area contributed by atoms with E-state index in [0.717, 1.165) is 6.07 Å². The van der Waals surface area contributed by atoms with Gasteiger partial charge in [-0.05, 0) is 32.0 Å². The number of esters is 1. The van der Waals surface area contributed by atoms with Crippen molar-refractivity contribution in [2.24, 2.45) is 5.73 Å². The number of rotatable bonds is 0. The standard InChI is InChI=1S/C17H13FN4O3/c1-16(2)12-11(14(23)25-16)17(9(6-19)13(20)22-12)8-5-7(18)3-4-10(8)21-15(17)24/h3-5,22H,20H2,1-2H3,(H,21,24). The molecule has 1 aromatic carbocycles. The summed E-state index contributed by atoms with van der Waals surface area (Å²) in [7, 11) is 0. The monoisotopic (exact) mass is 340 g/mol. The van der Waals surface area contributed by atoms with Gasteiger partial charge in [-0.2, -0.15) is 5.26 Å². The van der Waals surface area contributed by atoms with E-state index in [1.807, 2.05) is 6.07 Å². The summed E-state index contributed by atoms with van der Waals surface area (Å²) in [6.07, 6.45) is 0. The van der Waals surface area contributed by atoms with E-state index in [1.165, 1.54) is 12.1 Å². The Bertz CT molecular complexity index is 986. The van der Waals surface area contributed by atoms with E-state index >= 15 is 0 Å². The molecule has 25 heavy (non-hydrogen) atoms. The lowest BCUT2D eigenvalue weighted by molar-refractivity contribution is -0.145. The lowest BCUT2D eigenvalue weighted by Crippen LogP contribution is -2.48. The maximum atomic E-state index is 13.9. The quantitative estimate of drug-likeness (QED) is 0.604. The molecule has 1 aromatic rings. The fraction of sp³-hybridized carbons (Fsp3) is 0.235. The number of nitrogens with zero attached hydrogens (tertiary/aromatic N) is 1. The molecular weight excluding hydrogens is 327 g/mol. The Hall–Kier alpha value is -3.34. The van der Waals surface area contributed by atoms with Gasteiger partial charge < -0.3 is 21.1 Å². The van der Waals surface area contributed by atoms with Gasteiger partial charge in [0.1, 0.15) is 28.7 Å². The van der Waals surface area contributed by atoms with Gasteiger partial charge in [-0.25, -0.2) is 9.18 Å². The first-order chi connectivity index (χ1) is 11.7. The maximum absolute atomic E-state index is 13.9. The van der Waals surface area contributed by atoms with Crippen LogP contribution in [0.3, 0.4) is 0 Å². The zero-order valence-corrected chi connectivity index (χ0v) is 13.4. The lowest BCUT2D eigenvalue weighted by atomic mass is 9.67. The maximum Gasteiger partial charge on any atom is 0.338 e. The molecule has 0 fully saturated rings. The molecule has 1 spiro atoms. The fourth-order valence-electron chi connectivity index (χ4n) is 3.73. The zero-order chi connectivity index (χ0) is 18.1. The molecule has 1 amide bonds. The number of nitriles is 1. The number of dihydropyridines is 1. The van der Waals surface area contributed by atoms with Gasteiger partial charge in [0, 0.05) is 11.3 Å². The SMILES string of the molecule is CC1(C)OC(=O)C2=C1NC(N)=C(C#N)C21C(=O)Nc2ccc(F)cc21. The van der Waals surface area contributed by atoms with Crippen molar-refractivity contribution in [3.63, 3.8) is 0 Å². The third-order valence-corrected chi connectivity index (χ3v) is 4.77. The molecule has 8 heteroatoms. The second-order valence-corrected chi connectivity index (χ2v) is 6.57. The second-order valence-electron chi connectivity index (χ2n) is 6.57. The van der Waals surface area contributed by atoms with Crippen molar-refractivity contribution in [3.8, 4) is 6.07 Å². The van der Waals surface area contributed by atoms with Crippen molar-refractivity contribution in [3.05, 3.63) is 52.2 Å². The summed E-state index contributed by atoms with van der Waals surface area (Å²) in [5.74, 6) is -2.06. The average Bonchev–Trinajstić information content (AvgIpc) is 2.92. The van der Waals surface area contributed by atoms with Crippen LogP contribution in [0, 0.1) is 17.1 Å². The van der Waals surface area contributed by atoms with Crippen LogP contribution in [0.4, 0.5) is 10.1 Å². The van der Waals surface area contributed by atoms with Crippen LogP contribution in [0.15, 0.2) is 40.9 Å². The van der Waals surface area contributed by atoms with Gasteiger partial charge in [0.05, 0.1) is 16.8 Å². The van der Waals surface area contributed by atoms with Crippen molar-refractivity contribution in [2.45, 2.75) is 24.9 Å². The number of hydrogen-bond donors (Lipinski definition) is 3. The number of nitrogens with one attached hydrogen (secondary N) is 2. The van der Waals surface area contributed by atoms with Crippen molar-refractivity contribution in [1.29, 1.82) is 5.26 Å². The number of amides is 1. The molecule has 3 aliphatic heterocycles. The van der Waals surface area contributed by atoms with E-state index in [-0.39, 0.29) is 22.5 Å². The Morgan fingerprint density at radius 2 is 2.00 bits per heavy atom. The summed E-state index contributed by atoms with van der Waals surface area (Å²) in [6.45, 7) is 3.27. The molecule has 0 aliphatic carbocycles. The minimum Gasteiger partial charge on any atom is -0.450 e. The summed E-state index contributed by atoms with van der Waals surface area (Å²) in [6, 6.07) is 5.61. The van der Waals surface area contributed by atoms with E-state index < -0.39 is 28.7 Å². The molecule has 1 unspecified atom stereocenters. The molecule has 0 saturated heterocycles. The van der Waals surface area contributed by atoms with Gasteiger partial charge in [-0.3, -0.25) is 4.79 Å². The van der Waals surface area contributed by atoms with E-state index in [1.54, 1.807) is 13.8 Å². The molecule has 4 N–H and O–H groups in total. The van der Waals surface area contributed by atoms with Crippen LogP contribution < -0.4 is 16.4 Å². The smallest absolute Gasteiger partial charge is 0.338 e. The first-order valence-electron chi connectivity index (χ1n) is 7.51. The lowest BCUT2D eigenvalue weighted by Gasteiger charge is -2.34. The van der Waals surface area contributed by atoms with Gasteiger partial charge in [-0.1, -0.05) is 0 Å². The Balaban J connectivity index is 2.16. The third-order valence-electron chi connectivity index (χ3n) is 4.77. The van der Waals surface area contributed by atoms with Crippen molar-refractivity contribution >= 4 is 17.6 Å². The minimum absolute atomic E-state index is 0.0369. The predicted octanol–water partition coefficient (Wildman–Crippen LogP) is 0.902. The number of hydrogen-bond acceptors (Lipinski definition) is 6. The van der Waals surface area contributed by atoms with Gasteiger partial charge >= 0.3 is 5.97 Å². The Morgan fingerprint density at radius 3 is 2.68 bits per heavy atom. The molecule has 1 atom stereocenters. The van der Waals surface area contributed by atoms with Crippen LogP contribution in [0.2, 0.25) is 0 Å². The number of anilines is 1. The van der Waals surface area contributed by atoms with Crippen LogP contribution in [0.25, 0.3) is 0 Å². The molecule has 4 rings (SSSR count). The number of carbonyl (C=O) groups excluding carboxylic acids is 2. The molecule has 3 aliphatic rings. The number of ether oxygens (including phenoxy) is 1. The topological polar surface area (TPSA) is 117 Å². The molecule has 0 bridgehead atoms. The van der Waals surface area contributed by atoms with Crippen LogP contribution in [0.5, 0.6) is 0 Å². The zero-order valence-electron chi connectivity index (χ0n) is 13.4. The highest BCUT2D eigenvalue weighted by Gasteiger charge is 2.63. The number of nitrogens with two attached hydrogens (primary N) is 1. The van der Waals surface area contributed by atoms with Crippen molar-refractivity contribution in [2.75, 3.05) is 5.32 Å². The number of halogens is 1. The second kappa shape index (κ2) is 4.39. The summed E-state index contributed by atoms with van der Waals surface area (Å²) in [4.78, 5) is 25.6. The highest BCUT2D eigenvalue weighted by atomic mass is 19.1. The van der Waals surface area contributed by atoms with E-state index in [0.29, 0.717) is 11.4 Å². The molecule has 7 nitrogen and oxygen atoms in total. The average molecular weight is 340 g/mol. The largest absolute Gasteiger partial charge is 0.450 e. The number of fused-ring (bicyclic) bond motifs is 3. The van der Waals surface area contributed by atoms with Gasteiger partial charge in [0.25, 0.3) is 0 Å². The summed E-state index contributed by atoms with van der Waals surface area (Å²) in [5, 5.41) is 15.1. The van der Waals surface area contributed by atoms with Gasteiger partial charge in [0.2, 0.25) is 5.91 Å². The van der Waals surface area contributed by atoms with Crippen LogP contribution in [-0.4, -0.2) is 17.5 Å². The molecule has 0 aromatic heterocycles. The highest BCUT2D eigenvalue weighted by Crippen LogP contribution is 2.54. The van der Waals surface area contributed by atoms with E-state index in [4.69, 9.17) is 10.5 Å². The molecule has 0 radical (unpaired) electrons. The van der Waals surface area contributed by atoms with E-state index in [2.05, 4.69) is 10.6 Å². The molecule has 126 valence electrons. The number of carbonyl (C=O) groups is 2. The number of benzene rings is 1. The fourth-order valence-corrected chi connectivity index (χ4v) is 3.73. The van der Waals surface area contributed by atoms with Crippen LogP contribution >= 0.6 is 0 Å². The third kappa shape index (κ3) is 1.62. The highest BCUT2D eigenvalue weighted by molar-refractivity contribution is 6.18. The van der Waals surface area contributed by atoms with E-state index in [9.17, 15) is 19.2 Å². The summed E-state index contributed by atoms with van der Waals surface area (Å²) >= 11 is 0. The Morgan fingerprint density at radius 1 is 1.28 bits per heavy atom. The van der Waals surface area contributed by atoms with Crippen molar-refractivity contribution < 1.29 is 18.7 Å². The van der Waals surface area contributed by atoms with Crippen molar-refractivity contribution in [1.82, 2.24) is 5.32 Å². The summed E-state index contributed by atoms with van der Waals surface area (Å²) < 4.78 is 19.3. The normalized spacial score (nSPS) is 26.0. The van der Waals surface area contributed by atoms with Crippen LogP contribution in [0.1, 0.15) is 19.4 Å². The van der Waals surface area contributed by atoms with Gasteiger partial charge in [0.15, 0.2) is 0 Å². The molecular formula is C17H13FN4O3. The summed E-state index contributed by atoms with van der Waals surface area (Å²) in [5.41, 5.74) is 3.67. The minimum atomic E-state index is -1.83. The molecule has 0 saturated carbocycles. The molecule has 3 heterocycles. The Kier molecular flexibility index (Phi) is 2.67. The Labute approximate surface area is 141 Å². The predicted molar refractivity (Wildman–Crippen MR) is 83.9 cm³/mol. The first-order valence-corrected chi connectivity index (χ1v) is 7.51. The number of cyclic esters (lactones) is 1. The first kappa shape index (κ1) is 15.2. The van der Waals surface area contributed by atoms with Gasteiger partial charge in [-0.15, -0.1) is 0 Å².